The van der Waals surface area contributed by atoms with Crippen molar-refractivity contribution in [3.05, 3.63) is 17.3 Å². The highest BCUT2D eigenvalue weighted by Crippen LogP contribution is 2.29. The first-order valence-electron chi connectivity index (χ1n) is 7.22. The van der Waals surface area contributed by atoms with Crippen molar-refractivity contribution in [3.8, 4) is 0 Å². The quantitative estimate of drug-likeness (QED) is 0.881. The Morgan fingerprint density at radius 2 is 2.40 bits per heavy atom. The maximum Gasteiger partial charge on any atom is 0.195 e. The van der Waals surface area contributed by atoms with E-state index < -0.39 is 0 Å². The van der Waals surface area contributed by atoms with E-state index in [9.17, 15) is 5.11 Å². The molecule has 1 aliphatic rings. The van der Waals surface area contributed by atoms with E-state index >= 15 is 0 Å². The van der Waals surface area contributed by atoms with Crippen LogP contribution in [0.5, 0.6) is 0 Å². The SMILES string of the molecule is CC(C)NCc1c(N2CCC(CO)C2)nc2sccn12. The van der Waals surface area contributed by atoms with Crippen LogP contribution in [0.3, 0.4) is 0 Å². The molecule has 5 nitrogen and oxygen atoms in total. The molecule has 2 aromatic heterocycles. The minimum Gasteiger partial charge on any atom is -0.396 e. The molecule has 0 aromatic carbocycles. The van der Waals surface area contributed by atoms with Crippen LogP contribution in [-0.2, 0) is 6.54 Å². The summed E-state index contributed by atoms with van der Waals surface area (Å²) in [4.78, 5) is 8.15. The molecule has 1 unspecified atom stereocenters. The molecule has 3 heterocycles. The standard InChI is InChI=1S/C14H22N4OS/c1-10(2)15-7-12-13(16-14-18(12)5-6-20-14)17-4-3-11(8-17)9-19/h5-6,10-11,15,19H,3-4,7-9H2,1-2H3. The van der Waals surface area contributed by atoms with E-state index in [4.69, 9.17) is 4.98 Å². The van der Waals surface area contributed by atoms with Gasteiger partial charge in [0, 0.05) is 49.8 Å². The summed E-state index contributed by atoms with van der Waals surface area (Å²) in [6.45, 7) is 7.32. The number of fused-ring (bicyclic) bond motifs is 1. The predicted molar refractivity (Wildman–Crippen MR) is 82.5 cm³/mol. The van der Waals surface area contributed by atoms with Crippen LogP contribution in [0, 0.1) is 5.92 Å². The number of aromatic nitrogens is 2. The lowest BCUT2D eigenvalue weighted by Crippen LogP contribution is -2.26. The van der Waals surface area contributed by atoms with Crippen LogP contribution in [0.4, 0.5) is 5.82 Å². The molecular formula is C14H22N4OS. The van der Waals surface area contributed by atoms with Gasteiger partial charge in [-0.1, -0.05) is 13.8 Å². The van der Waals surface area contributed by atoms with Crippen molar-refractivity contribution in [3.63, 3.8) is 0 Å². The zero-order valence-electron chi connectivity index (χ0n) is 12.0. The Morgan fingerprint density at radius 3 is 3.10 bits per heavy atom. The normalized spacial score (nSPS) is 19.6. The fourth-order valence-electron chi connectivity index (χ4n) is 2.71. The largest absolute Gasteiger partial charge is 0.396 e. The van der Waals surface area contributed by atoms with Gasteiger partial charge in [0.05, 0.1) is 5.69 Å². The number of nitrogens with one attached hydrogen (secondary N) is 1. The molecule has 2 aromatic rings. The summed E-state index contributed by atoms with van der Waals surface area (Å²) in [6, 6.07) is 0.454. The van der Waals surface area contributed by atoms with Gasteiger partial charge >= 0.3 is 0 Å². The maximum absolute atomic E-state index is 9.31. The van der Waals surface area contributed by atoms with Crippen LogP contribution in [-0.4, -0.2) is 40.2 Å². The molecule has 1 saturated heterocycles. The highest BCUT2D eigenvalue weighted by Gasteiger charge is 2.26. The summed E-state index contributed by atoms with van der Waals surface area (Å²) < 4.78 is 2.18. The van der Waals surface area contributed by atoms with Gasteiger partial charge in [-0.2, -0.15) is 0 Å². The molecular weight excluding hydrogens is 272 g/mol. The Kier molecular flexibility index (Phi) is 3.96. The van der Waals surface area contributed by atoms with Gasteiger partial charge < -0.3 is 15.3 Å². The smallest absolute Gasteiger partial charge is 0.195 e. The fourth-order valence-corrected chi connectivity index (χ4v) is 3.44. The molecule has 1 fully saturated rings. The van der Waals surface area contributed by atoms with Crippen molar-refractivity contribution < 1.29 is 5.11 Å². The topological polar surface area (TPSA) is 52.8 Å². The lowest BCUT2D eigenvalue weighted by atomic mass is 10.1. The number of thiazole rings is 1. The van der Waals surface area contributed by atoms with E-state index in [1.807, 2.05) is 0 Å². The monoisotopic (exact) mass is 294 g/mol. The van der Waals surface area contributed by atoms with E-state index in [0.29, 0.717) is 12.0 Å². The second-order valence-corrected chi connectivity index (χ2v) is 6.63. The minimum absolute atomic E-state index is 0.276. The van der Waals surface area contributed by atoms with E-state index in [0.717, 1.165) is 36.8 Å². The van der Waals surface area contributed by atoms with Crippen molar-refractivity contribution in [1.82, 2.24) is 14.7 Å². The molecule has 20 heavy (non-hydrogen) atoms. The molecule has 0 amide bonds. The number of anilines is 1. The van der Waals surface area contributed by atoms with E-state index in [-0.39, 0.29) is 6.61 Å². The number of nitrogens with zero attached hydrogens (tertiary/aromatic N) is 3. The molecule has 6 heteroatoms. The molecule has 110 valence electrons. The third-order valence-electron chi connectivity index (χ3n) is 3.86. The summed E-state index contributed by atoms with van der Waals surface area (Å²) in [7, 11) is 0. The molecule has 2 N–H and O–H groups in total. The highest BCUT2D eigenvalue weighted by atomic mass is 32.1. The van der Waals surface area contributed by atoms with Crippen LogP contribution >= 0.6 is 11.3 Å². The van der Waals surface area contributed by atoms with Crippen molar-refractivity contribution in [2.24, 2.45) is 5.92 Å². The van der Waals surface area contributed by atoms with Crippen molar-refractivity contribution in [1.29, 1.82) is 0 Å². The van der Waals surface area contributed by atoms with E-state index in [1.54, 1.807) is 11.3 Å². The number of aliphatic hydroxyl groups excluding tert-OH is 1. The average Bonchev–Trinajstić information content (AvgIpc) is 3.11. The number of rotatable bonds is 5. The Hall–Kier alpha value is -1.11. The molecule has 0 bridgehead atoms. The number of hydrogen-bond acceptors (Lipinski definition) is 5. The van der Waals surface area contributed by atoms with Gasteiger partial charge in [0.15, 0.2) is 10.8 Å². The second-order valence-electron chi connectivity index (χ2n) is 5.76. The number of imidazole rings is 1. The zero-order chi connectivity index (χ0) is 14.1. The van der Waals surface area contributed by atoms with Crippen molar-refractivity contribution in [2.75, 3.05) is 24.6 Å². The Morgan fingerprint density at radius 1 is 1.55 bits per heavy atom. The lowest BCUT2D eigenvalue weighted by Gasteiger charge is -2.18. The first kappa shape index (κ1) is 13.9. The van der Waals surface area contributed by atoms with Crippen LogP contribution in [0.15, 0.2) is 11.6 Å². The molecule has 1 atom stereocenters. The fraction of sp³-hybridized carbons (Fsp3) is 0.643. The van der Waals surface area contributed by atoms with E-state index in [2.05, 4.69) is 40.0 Å². The third kappa shape index (κ3) is 2.55. The molecule has 3 rings (SSSR count). The van der Waals surface area contributed by atoms with Gasteiger partial charge in [0.1, 0.15) is 0 Å². The van der Waals surface area contributed by atoms with Gasteiger partial charge in [-0.25, -0.2) is 4.98 Å². The first-order chi connectivity index (χ1) is 9.69. The minimum atomic E-state index is 0.276. The van der Waals surface area contributed by atoms with Gasteiger partial charge in [-0.15, -0.1) is 11.3 Å². The highest BCUT2D eigenvalue weighted by molar-refractivity contribution is 7.15. The molecule has 0 radical (unpaired) electrons. The molecule has 0 spiro atoms. The van der Waals surface area contributed by atoms with Crippen LogP contribution in [0.25, 0.3) is 4.96 Å². The van der Waals surface area contributed by atoms with Crippen LogP contribution in [0.2, 0.25) is 0 Å². The Bertz CT molecular complexity index is 577. The van der Waals surface area contributed by atoms with Crippen molar-refractivity contribution in [2.45, 2.75) is 32.9 Å². The Labute approximate surface area is 123 Å². The average molecular weight is 294 g/mol. The summed E-state index contributed by atoms with van der Waals surface area (Å²) in [5, 5.41) is 14.9. The summed E-state index contributed by atoms with van der Waals surface area (Å²) >= 11 is 1.67. The van der Waals surface area contributed by atoms with E-state index in [1.165, 1.54) is 5.69 Å². The number of hydrogen-bond donors (Lipinski definition) is 2. The van der Waals surface area contributed by atoms with Gasteiger partial charge in [-0.3, -0.25) is 4.40 Å². The first-order valence-corrected chi connectivity index (χ1v) is 8.10. The lowest BCUT2D eigenvalue weighted by molar-refractivity contribution is 0.238. The number of aliphatic hydroxyl groups is 1. The van der Waals surface area contributed by atoms with Gasteiger partial charge in [-0.05, 0) is 6.42 Å². The third-order valence-corrected chi connectivity index (χ3v) is 4.62. The second kappa shape index (κ2) is 5.71. The van der Waals surface area contributed by atoms with Gasteiger partial charge in [0.25, 0.3) is 0 Å². The van der Waals surface area contributed by atoms with Crippen molar-refractivity contribution >= 4 is 22.1 Å². The maximum atomic E-state index is 9.31. The van der Waals surface area contributed by atoms with Crippen LogP contribution < -0.4 is 10.2 Å². The summed E-state index contributed by atoms with van der Waals surface area (Å²) in [6.07, 6.45) is 3.15. The van der Waals surface area contributed by atoms with Crippen LogP contribution in [0.1, 0.15) is 26.0 Å². The zero-order valence-corrected chi connectivity index (χ0v) is 12.9. The molecule has 1 aliphatic heterocycles. The summed E-state index contributed by atoms with van der Waals surface area (Å²) in [5.41, 5.74) is 1.23. The molecule has 0 saturated carbocycles. The Balaban J connectivity index is 1.89. The van der Waals surface area contributed by atoms with Gasteiger partial charge in [0.2, 0.25) is 0 Å². The summed E-state index contributed by atoms with van der Waals surface area (Å²) in [5.74, 6) is 1.47. The molecule has 0 aliphatic carbocycles. The predicted octanol–water partition coefficient (Wildman–Crippen LogP) is 1.71.